The highest BCUT2D eigenvalue weighted by molar-refractivity contribution is 5.79. The van der Waals surface area contributed by atoms with Crippen molar-refractivity contribution >= 4 is 5.96 Å². The largest absolute Gasteiger partial charge is 0.383 e. The average molecular weight is 293 g/mol. The van der Waals surface area contributed by atoms with Crippen molar-refractivity contribution in [1.29, 1.82) is 0 Å². The first-order valence-electron chi connectivity index (χ1n) is 7.48. The number of guanidine groups is 1. The molecule has 0 heterocycles. The number of ether oxygens (including phenoxy) is 1. The Morgan fingerprint density at radius 2 is 2.10 bits per heavy atom. The van der Waals surface area contributed by atoms with Crippen LogP contribution in [-0.2, 0) is 10.2 Å². The summed E-state index contributed by atoms with van der Waals surface area (Å²) in [6.45, 7) is 4.76. The number of nitrogens with one attached hydrogen (secondary N) is 2. The Kier molecular flexibility index (Phi) is 5.56. The van der Waals surface area contributed by atoms with Crippen LogP contribution in [0.15, 0.2) is 29.3 Å². The molecule has 0 unspecified atom stereocenters. The Morgan fingerprint density at radius 1 is 1.33 bits per heavy atom. The number of halogens is 1. The number of nitrogens with zero attached hydrogens (tertiary/aromatic N) is 1. The SMILES string of the molecule is CCNC(=NCC1(c2ccccc2F)CC1)NCCOC. The highest BCUT2D eigenvalue weighted by Crippen LogP contribution is 2.49. The van der Waals surface area contributed by atoms with Gasteiger partial charge in [-0.1, -0.05) is 18.2 Å². The first-order valence-corrected chi connectivity index (χ1v) is 7.48. The molecule has 0 spiro atoms. The Morgan fingerprint density at radius 3 is 2.71 bits per heavy atom. The summed E-state index contributed by atoms with van der Waals surface area (Å²) in [6.07, 6.45) is 1.99. The van der Waals surface area contributed by atoms with Crippen molar-refractivity contribution in [3.05, 3.63) is 35.6 Å². The minimum absolute atomic E-state index is 0.116. The minimum atomic E-state index is -0.123. The van der Waals surface area contributed by atoms with Gasteiger partial charge in [0.1, 0.15) is 5.82 Å². The van der Waals surface area contributed by atoms with Gasteiger partial charge >= 0.3 is 0 Å². The van der Waals surface area contributed by atoms with E-state index in [9.17, 15) is 4.39 Å². The lowest BCUT2D eigenvalue weighted by Crippen LogP contribution is -2.39. The molecule has 1 aliphatic rings. The van der Waals surface area contributed by atoms with Crippen molar-refractivity contribution in [2.75, 3.05) is 33.4 Å². The monoisotopic (exact) mass is 293 g/mol. The number of benzene rings is 1. The second kappa shape index (κ2) is 7.41. The third-order valence-corrected chi connectivity index (χ3v) is 3.78. The van der Waals surface area contributed by atoms with Crippen LogP contribution in [0, 0.1) is 5.82 Å². The van der Waals surface area contributed by atoms with Crippen LogP contribution in [0.2, 0.25) is 0 Å². The van der Waals surface area contributed by atoms with Crippen LogP contribution in [0.3, 0.4) is 0 Å². The minimum Gasteiger partial charge on any atom is -0.383 e. The number of methoxy groups -OCH3 is 1. The summed E-state index contributed by atoms with van der Waals surface area (Å²) in [5, 5.41) is 6.41. The molecule has 2 N–H and O–H groups in total. The summed E-state index contributed by atoms with van der Waals surface area (Å²) in [4.78, 5) is 4.61. The molecule has 116 valence electrons. The van der Waals surface area contributed by atoms with Gasteiger partial charge in [-0.05, 0) is 31.4 Å². The van der Waals surface area contributed by atoms with Crippen molar-refractivity contribution in [3.63, 3.8) is 0 Å². The Hall–Kier alpha value is -1.62. The van der Waals surface area contributed by atoms with Gasteiger partial charge in [0.05, 0.1) is 13.2 Å². The summed E-state index contributed by atoms with van der Waals surface area (Å²) >= 11 is 0. The third-order valence-electron chi connectivity index (χ3n) is 3.78. The van der Waals surface area contributed by atoms with E-state index in [0.717, 1.165) is 30.9 Å². The normalized spacial score (nSPS) is 16.6. The second-order valence-corrected chi connectivity index (χ2v) is 5.37. The average Bonchev–Trinajstić information content (AvgIpc) is 3.26. The van der Waals surface area contributed by atoms with Gasteiger partial charge < -0.3 is 15.4 Å². The number of rotatable bonds is 7. The Bertz CT molecular complexity index is 486. The topological polar surface area (TPSA) is 45.7 Å². The van der Waals surface area contributed by atoms with Crippen LogP contribution in [0.25, 0.3) is 0 Å². The van der Waals surface area contributed by atoms with Crippen LogP contribution < -0.4 is 10.6 Å². The Balaban J connectivity index is 2.01. The van der Waals surface area contributed by atoms with Crippen LogP contribution >= 0.6 is 0 Å². The fourth-order valence-corrected chi connectivity index (χ4v) is 2.40. The standard InChI is InChI=1S/C16H24FN3O/c1-3-18-15(19-10-11-21-2)20-12-16(8-9-16)13-6-4-5-7-14(13)17/h4-7H,3,8-12H2,1-2H3,(H2,18,19,20). The predicted octanol–water partition coefficient (Wildman–Crippen LogP) is 2.06. The zero-order valence-electron chi connectivity index (χ0n) is 12.8. The van der Waals surface area contributed by atoms with Gasteiger partial charge in [-0.3, -0.25) is 4.99 Å². The zero-order chi connectivity index (χ0) is 15.1. The van der Waals surface area contributed by atoms with Gasteiger partial charge in [-0.25, -0.2) is 4.39 Å². The molecule has 21 heavy (non-hydrogen) atoms. The first-order chi connectivity index (χ1) is 10.2. The smallest absolute Gasteiger partial charge is 0.191 e. The van der Waals surface area contributed by atoms with Crippen molar-refractivity contribution in [2.24, 2.45) is 4.99 Å². The fraction of sp³-hybridized carbons (Fsp3) is 0.562. The molecule has 1 fully saturated rings. The van der Waals surface area contributed by atoms with Gasteiger partial charge in [0.2, 0.25) is 0 Å². The molecule has 0 aromatic heterocycles. The van der Waals surface area contributed by atoms with E-state index in [1.807, 2.05) is 19.1 Å². The van der Waals surface area contributed by atoms with E-state index in [0.29, 0.717) is 19.7 Å². The van der Waals surface area contributed by atoms with E-state index in [1.165, 1.54) is 6.07 Å². The van der Waals surface area contributed by atoms with Crippen LogP contribution in [0.1, 0.15) is 25.3 Å². The number of hydrogen-bond acceptors (Lipinski definition) is 2. The maximum Gasteiger partial charge on any atom is 0.191 e. The van der Waals surface area contributed by atoms with Crippen molar-refractivity contribution < 1.29 is 9.13 Å². The quantitative estimate of drug-likeness (QED) is 0.459. The van der Waals surface area contributed by atoms with Crippen LogP contribution in [-0.4, -0.2) is 39.3 Å². The summed E-state index contributed by atoms with van der Waals surface area (Å²) < 4.78 is 19.0. The molecule has 0 atom stereocenters. The molecule has 0 saturated heterocycles. The molecule has 5 heteroatoms. The fourth-order valence-electron chi connectivity index (χ4n) is 2.40. The molecule has 1 aliphatic carbocycles. The highest BCUT2D eigenvalue weighted by atomic mass is 19.1. The van der Waals surface area contributed by atoms with Gasteiger partial charge in [0.15, 0.2) is 5.96 Å². The Labute approximate surface area is 125 Å². The summed E-state index contributed by atoms with van der Waals surface area (Å²) in [5.41, 5.74) is 0.677. The zero-order valence-corrected chi connectivity index (χ0v) is 12.8. The number of aliphatic imine (C=N–C) groups is 1. The molecule has 4 nitrogen and oxygen atoms in total. The van der Waals surface area contributed by atoms with E-state index in [1.54, 1.807) is 13.2 Å². The molecule has 1 aromatic rings. The van der Waals surface area contributed by atoms with E-state index >= 15 is 0 Å². The molecule has 0 aliphatic heterocycles. The van der Waals surface area contributed by atoms with Crippen molar-refractivity contribution in [1.82, 2.24) is 10.6 Å². The lowest BCUT2D eigenvalue weighted by atomic mass is 9.95. The molecular formula is C16H24FN3O. The van der Waals surface area contributed by atoms with E-state index in [2.05, 4.69) is 15.6 Å². The molecular weight excluding hydrogens is 269 g/mol. The van der Waals surface area contributed by atoms with Gasteiger partial charge in [0, 0.05) is 25.6 Å². The summed E-state index contributed by atoms with van der Waals surface area (Å²) in [6, 6.07) is 7.03. The number of hydrogen-bond donors (Lipinski definition) is 2. The molecule has 2 rings (SSSR count). The molecule has 0 radical (unpaired) electrons. The third kappa shape index (κ3) is 4.17. The van der Waals surface area contributed by atoms with E-state index in [-0.39, 0.29) is 11.2 Å². The maximum absolute atomic E-state index is 13.9. The molecule has 0 amide bonds. The van der Waals surface area contributed by atoms with Crippen LogP contribution in [0.4, 0.5) is 4.39 Å². The lowest BCUT2D eigenvalue weighted by molar-refractivity contribution is 0.203. The predicted molar refractivity (Wildman–Crippen MR) is 83.2 cm³/mol. The maximum atomic E-state index is 13.9. The van der Waals surface area contributed by atoms with Gasteiger partial charge in [-0.2, -0.15) is 0 Å². The molecule has 0 bridgehead atoms. The molecule has 1 saturated carbocycles. The summed E-state index contributed by atoms with van der Waals surface area (Å²) in [7, 11) is 1.67. The van der Waals surface area contributed by atoms with E-state index in [4.69, 9.17) is 4.74 Å². The van der Waals surface area contributed by atoms with Crippen molar-refractivity contribution in [2.45, 2.75) is 25.2 Å². The van der Waals surface area contributed by atoms with Gasteiger partial charge in [0.25, 0.3) is 0 Å². The van der Waals surface area contributed by atoms with Crippen LogP contribution in [0.5, 0.6) is 0 Å². The van der Waals surface area contributed by atoms with Crippen molar-refractivity contribution in [3.8, 4) is 0 Å². The second-order valence-electron chi connectivity index (χ2n) is 5.37. The molecule has 1 aromatic carbocycles. The first kappa shape index (κ1) is 15.8. The highest BCUT2D eigenvalue weighted by Gasteiger charge is 2.45. The lowest BCUT2D eigenvalue weighted by Gasteiger charge is -2.16. The summed E-state index contributed by atoms with van der Waals surface area (Å²) in [5.74, 6) is 0.639. The van der Waals surface area contributed by atoms with E-state index < -0.39 is 0 Å². The van der Waals surface area contributed by atoms with Gasteiger partial charge in [-0.15, -0.1) is 0 Å².